The number of rotatable bonds is 7. The smallest absolute Gasteiger partial charge is 0.176 e. The highest BCUT2D eigenvalue weighted by molar-refractivity contribution is 6.36. The van der Waals surface area contributed by atoms with E-state index in [2.05, 4.69) is 5.32 Å². The standard InChI is InChI=1S/C18H22Cl2N2O2/c1-11-5-3-6-13(9-11)24-18(12(2)23)22-10-16(21)17-14(19)7-4-8-15(17)20/h3-9,12,16,18,22-23H,10,21H2,1-2H3. The summed E-state index contributed by atoms with van der Waals surface area (Å²) in [6.45, 7) is 3.99. The lowest BCUT2D eigenvalue weighted by molar-refractivity contribution is 0.0262. The van der Waals surface area contributed by atoms with Crippen molar-refractivity contribution in [1.82, 2.24) is 5.32 Å². The van der Waals surface area contributed by atoms with Crippen molar-refractivity contribution >= 4 is 23.2 Å². The third-order valence-electron chi connectivity index (χ3n) is 3.60. The van der Waals surface area contributed by atoms with Gasteiger partial charge in [-0.1, -0.05) is 41.4 Å². The summed E-state index contributed by atoms with van der Waals surface area (Å²) in [5, 5.41) is 14.1. The van der Waals surface area contributed by atoms with Crippen LogP contribution in [0.2, 0.25) is 10.0 Å². The number of aryl methyl sites for hydroxylation is 1. The van der Waals surface area contributed by atoms with Gasteiger partial charge in [-0.2, -0.15) is 0 Å². The number of hydrogen-bond donors (Lipinski definition) is 3. The van der Waals surface area contributed by atoms with Crippen molar-refractivity contribution in [2.45, 2.75) is 32.2 Å². The van der Waals surface area contributed by atoms with Gasteiger partial charge >= 0.3 is 0 Å². The molecule has 6 heteroatoms. The van der Waals surface area contributed by atoms with E-state index in [0.717, 1.165) is 5.56 Å². The van der Waals surface area contributed by atoms with Crippen LogP contribution in [-0.4, -0.2) is 24.0 Å². The highest BCUT2D eigenvalue weighted by Gasteiger charge is 2.20. The normalized spacial score (nSPS) is 14.9. The van der Waals surface area contributed by atoms with E-state index in [9.17, 15) is 5.11 Å². The second kappa shape index (κ2) is 8.70. The van der Waals surface area contributed by atoms with Crippen LogP contribution in [0.4, 0.5) is 0 Å². The second-order valence-electron chi connectivity index (χ2n) is 5.75. The Morgan fingerprint density at radius 1 is 1.17 bits per heavy atom. The molecule has 4 nitrogen and oxygen atoms in total. The van der Waals surface area contributed by atoms with Gasteiger partial charge in [0.2, 0.25) is 0 Å². The van der Waals surface area contributed by atoms with Crippen LogP contribution in [0.1, 0.15) is 24.1 Å². The molecule has 0 aliphatic rings. The number of hydrogen-bond acceptors (Lipinski definition) is 4. The average Bonchev–Trinajstić information content (AvgIpc) is 2.51. The Balaban J connectivity index is 2.03. The first-order chi connectivity index (χ1) is 11.4. The van der Waals surface area contributed by atoms with Gasteiger partial charge in [0.05, 0.1) is 0 Å². The molecule has 0 spiro atoms. The molecular weight excluding hydrogens is 347 g/mol. The van der Waals surface area contributed by atoms with Crippen molar-refractivity contribution in [3.05, 3.63) is 63.6 Å². The molecule has 0 radical (unpaired) electrons. The number of benzene rings is 2. The van der Waals surface area contributed by atoms with Crippen LogP contribution < -0.4 is 15.8 Å². The molecule has 24 heavy (non-hydrogen) atoms. The highest BCUT2D eigenvalue weighted by atomic mass is 35.5. The molecular formula is C18H22Cl2N2O2. The molecule has 2 aromatic rings. The summed E-state index contributed by atoms with van der Waals surface area (Å²) in [6.07, 6.45) is -1.32. The molecule has 2 aromatic carbocycles. The molecule has 0 aliphatic heterocycles. The summed E-state index contributed by atoms with van der Waals surface area (Å²) < 4.78 is 5.82. The SMILES string of the molecule is Cc1cccc(OC(NCC(N)c2c(Cl)cccc2Cl)C(C)O)c1. The lowest BCUT2D eigenvalue weighted by Crippen LogP contribution is -2.45. The zero-order valence-corrected chi connectivity index (χ0v) is 15.2. The fourth-order valence-corrected chi connectivity index (χ4v) is 3.03. The van der Waals surface area contributed by atoms with Crippen LogP contribution in [0.5, 0.6) is 5.75 Å². The number of aliphatic hydroxyl groups is 1. The predicted molar refractivity (Wildman–Crippen MR) is 98.7 cm³/mol. The zero-order valence-electron chi connectivity index (χ0n) is 13.7. The van der Waals surface area contributed by atoms with E-state index in [1.807, 2.05) is 31.2 Å². The van der Waals surface area contributed by atoms with Gasteiger partial charge in [-0.15, -0.1) is 0 Å². The number of ether oxygens (including phenoxy) is 1. The molecule has 0 heterocycles. The van der Waals surface area contributed by atoms with Gasteiger partial charge in [0.1, 0.15) is 11.9 Å². The molecule has 2 rings (SSSR count). The van der Waals surface area contributed by atoms with Crippen molar-refractivity contribution in [2.24, 2.45) is 5.73 Å². The largest absolute Gasteiger partial charge is 0.473 e. The Kier molecular flexibility index (Phi) is 6.90. The maximum absolute atomic E-state index is 9.95. The van der Waals surface area contributed by atoms with Gasteiger partial charge in [0.15, 0.2) is 6.23 Å². The van der Waals surface area contributed by atoms with Crippen molar-refractivity contribution in [2.75, 3.05) is 6.54 Å². The Morgan fingerprint density at radius 2 is 1.79 bits per heavy atom. The molecule has 0 bridgehead atoms. The van der Waals surface area contributed by atoms with Gasteiger partial charge in [0, 0.05) is 28.2 Å². The summed E-state index contributed by atoms with van der Waals surface area (Å²) in [4.78, 5) is 0. The third kappa shape index (κ3) is 5.10. The number of nitrogens with two attached hydrogens (primary N) is 1. The first-order valence-corrected chi connectivity index (χ1v) is 8.48. The van der Waals surface area contributed by atoms with E-state index >= 15 is 0 Å². The molecule has 0 saturated heterocycles. The fourth-order valence-electron chi connectivity index (χ4n) is 2.36. The topological polar surface area (TPSA) is 67.5 Å². The number of nitrogens with one attached hydrogen (secondary N) is 1. The quantitative estimate of drug-likeness (QED) is 0.652. The minimum atomic E-state index is -0.723. The fraction of sp³-hybridized carbons (Fsp3) is 0.333. The Labute approximate surface area is 152 Å². The van der Waals surface area contributed by atoms with Crippen molar-refractivity contribution < 1.29 is 9.84 Å². The molecule has 0 saturated carbocycles. The molecule has 0 fully saturated rings. The molecule has 3 atom stereocenters. The van der Waals surface area contributed by atoms with E-state index in [0.29, 0.717) is 27.9 Å². The minimum absolute atomic E-state index is 0.352. The summed E-state index contributed by atoms with van der Waals surface area (Å²) >= 11 is 12.4. The van der Waals surface area contributed by atoms with Gasteiger partial charge in [-0.05, 0) is 43.7 Å². The van der Waals surface area contributed by atoms with E-state index in [1.54, 1.807) is 25.1 Å². The lowest BCUT2D eigenvalue weighted by atomic mass is 10.1. The van der Waals surface area contributed by atoms with Crippen LogP contribution in [0.3, 0.4) is 0 Å². The molecule has 3 unspecified atom stereocenters. The van der Waals surface area contributed by atoms with Crippen LogP contribution in [0.15, 0.2) is 42.5 Å². The molecule has 130 valence electrons. The molecule has 0 amide bonds. The second-order valence-corrected chi connectivity index (χ2v) is 6.56. The third-order valence-corrected chi connectivity index (χ3v) is 4.26. The van der Waals surface area contributed by atoms with Gasteiger partial charge in [0.25, 0.3) is 0 Å². The van der Waals surface area contributed by atoms with E-state index in [1.165, 1.54) is 0 Å². The van der Waals surface area contributed by atoms with Crippen molar-refractivity contribution in [3.63, 3.8) is 0 Å². The molecule has 0 aliphatic carbocycles. The maximum atomic E-state index is 9.95. The average molecular weight is 369 g/mol. The Bertz CT molecular complexity index is 660. The minimum Gasteiger partial charge on any atom is -0.473 e. The molecule has 4 N–H and O–H groups in total. The predicted octanol–water partition coefficient (Wildman–Crippen LogP) is 3.68. The van der Waals surface area contributed by atoms with Crippen molar-refractivity contribution in [3.8, 4) is 5.75 Å². The van der Waals surface area contributed by atoms with E-state index < -0.39 is 18.4 Å². The monoisotopic (exact) mass is 368 g/mol. The Hall–Kier alpha value is -1.30. The van der Waals surface area contributed by atoms with Gasteiger partial charge in [-0.3, -0.25) is 5.32 Å². The van der Waals surface area contributed by atoms with Gasteiger partial charge < -0.3 is 15.6 Å². The van der Waals surface area contributed by atoms with Gasteiger partial charge in [-0.25, -0.2) is 0 Å². The van der Waals surface area contributed by atoms with Crippen LogP contribution in [0, 0.1) is 6.92 Å². The van der Waals surface area contributed by atoms with Crippen LogP contribution in [-0.2, 0) is 0 Å². The first-order valence-electron chi connectivity index (χ1n) is 7.72. The number of aliphatic hydroxyl groups excluding tert-OH is 1. The van der Waals surface area contributed by atoms with Crippen LogP contribution >= 0.6 is 23.2 Å². The van der Waals surface area contributed by atoms with Crippen LogP contribution in [0.25, 0.3) is 0 Å². The zero-order chi connectivity index (χ0) is 17.7. The summed E-state index contributed by atoms with van der Waals surface area (Å²) in [5.41, 5.74) is 7.95. The summed E-state index contributed by atoms with van der Waals surface area (Å²) in [5.74, 6) is 0.678. The number of halogens is 2. The highest BCUT2D eigenvalue weighted by Crippen LogP contribution is 2.28. The first kappa shape index (κ1) is 19.0. The molecule has 0 aromatic heterocycles. The maximum Gasteiger partial charge on any atom is 0.176 e. The van der Waals surface area contributed by atoms with E-state index in [-0.39, 0.29) is 0 Å². The van der Waals surface area contributed by atoms with E-state index in [4.69, 9.17) is 33.7 Å². The summed E-state index contributed by atoms with van der Waals surface area (Å²) in [6, 6.07) is 12.5. The Morgan fingerprint density at radius 3 is 2.38 bits per heavy atom. The summed E-state index contributed by atoms with van der Waals surface area (Å²) in [7, 11) is 0. The van der Waals surface area contributed by atoms with Crippen molar-refractivity contribution in [1.29, 1.82) is 0 Å². The lowest BCUT2D eigenvalue weighted by Gasteiger charge is -2.25.